The standard InChI is InChI=1S/C18H22N4O3/c1-11(2)16-20-15(25-21-16)8-9-19-17(23)18(24)22-10-12(3)13-6-4-5-7-14(13)22/h4-7,11-12H,8-10H2,1-3H3,(H,19,23). The Balaban J connectivity index is 1.56. The van der Waals surface area contributed by atoms with Crippen LogP contribution in [0, 0.1) is 0 Å². The third-order valence-corrected chi connectivity index (χ3v) is 4.28. The number of benzene rings is 1. The van der Waals surface area contributed by atoms with Gasteiger partial charge in [-0.25, -0.2) is 0 Å². The van der Waals surface area contributed by atoms with Crippen LogP contribution in [0.2, 0.25) is 0 Å². The molecule has 0 saturated heterocycles. The van der Waals surface area contributed by atoms with Crippen LogP contribution in [0.1, 0.15) is 49.9 Å². The van der Waals surface area contributed by atoms with Gasteiger partial charge in [-0.3, -0.25) is 9.59 Å². The number of fused-ring (bicyclic) bond motifs is 1. The zero-order valence-electron chi connectivity index (χ0n) is 14.7. The topological polar surface area (TPSA) is 88.3 Å². The Bertz CT molecular complexity index is 784. The number of carbonyl (C=O) groups excluding carboxylic acids is 2. The number of anilines is 1. The Labute approximate surface area is 146 Å². The lowest BCUT2D eigenvalue weighted by Crippen LogP contribution is -2.43. The molecule has 1 aliphatic rings. The highest BCUT2D eigenvalue weighted by molar-refractivity contribution is 6.40. The number of rotatable bonds is 4. The third-order valence-electron chi connectivity index (χ3n) is 4.28. The molecule has 1 aromatic heterocycles. The third kappa shape index (κ3) is 3.55. The van der Waals surface area contributed by atoms with E-state index in [0.29, 0.717) is 24.7 Å². The second-order valence-corrected chi connectivity index (χ2v) is 6.58. The van der Waals surface area contributed by atoms with Crippen molar-refractivity contribution in [1.82, 2.24) is 15.5 Å². The molecule has 2 aromatic rings. The number of amides is 2. The maximum Gasteiger partial charge on any atom is 0.316 e. The first-order valence-corrected chi connectivity index (χ1v) is 8.48. The van der Waals surface area contributed by atoms with Gasteiger partial charge in [-0.1, -0.05) is 44.1 Å². The number of nitrogens with one attached hydrogen (secondary N) is 1. The van der Waals surface area contributed by atoms with E-state index in [1.54, 1.807) is 4.90 Å². The molecule has 132 valence electrons. The smallest absolute Gasteiger partial charge is 0.316 e. The summed E-state index contributed by atoms with van der Waals surface area (Å²) in [7, 11) is 0. The summed E-state index contributed by atoms with van der Waals surface area (Å²) in [6, 6.07) is 7.68. The van der Waals surface area contributed by atoms with Gasteiger partial charge in [-0.05, 0) is 11.6 Å². The van der Waals surface area contributed by atoms with Crippen LogP contribution in [-0.2, 0) is 16.0 Å². The molecule has 1 aromatic carbocycles. The Morgan fingerprint density at radius 2 is 2.12 bits per heavy atom. The Kier molecular flexibility index (Phi) is 4.83. The molecule has 7 heteroatoms. The first-order chi connectivity index (χ1) is 12.0. The highest BCUT2D eigenvalue weighted by atomic mass is 16.5. The molecule has 7 nitrogen and oxygen atoms in total. The van der Waals surface area contributed by atoms with Crippen molar-refractivity contribution in [2.24, 2.45) is 0 Å². The average Bonchev–Trinajstić information content (AvgIpc) is 3.20. The van der Waals surface area contributed by atoms with Crippen molar-refractivity contribution < 1.29 is 14.1 Å². The van der Waals surface area contributed by atoms with Gasteiger partial charge in [0.25, 0.3) is 0 Å². The second kappa shape index (κ2) is 7.04. The Morgan fingerprint density at radius 3 is 2.84 bits per heavy atom. The zero-order chi connectivity index (χ0) is 18.0. The molecule has 1 unspecified atom stereocenters. The van der Waals surface area contributed by atoms with Gasteiger partial charge in [-0.15, -0.1) is 0 Å². The minimum absolute atomic E-state index is 0.186. The van der Waals surface area contributed by atoms with Gasteiger partial charge in [0.2, 0.25) is 5.89 Å². The van der Waals surface area contributed by atoms with E-state index in [2.05, 4.69) is 15.5 Å². The van der Waals surface area contributed by atoms with E-state index in [9.17, 15) is 9.59 Å². The Hall–Kier alpha value is -2.70. The molecular formula is C18H22N4O3. The average molecular weight is 342 g/mol. The lowest BCUT2D eigenvalue weighted by molar-refractivity contribution is -0.137. The van der Waals surface area contributed by atoms with Crippen LogP contribution < -0.4 is 10.2 Å². The molecule has 0 aliphatic carbocycles. The van der Waals surface area contributed by atoms with Crippen molar-refractivity contribution in [2.45, 2.75) is 39.0 Å². The maximum absolute atomic E-state index is 12.5. The van der Waals surface area contributed by atoms with Crippen LogP contribution in [0.5, 0.6) is 0 Å². The molecule has 1 atom stereocenters. The minimum atomic E-state index is -0.618. The minimum Gasteiger partial charge on any atom is -0.347 e. The lowest BCUT2D eigenvalue weighted by Gasteiger charge is -2.16. The van der Waals surface area contributed by atoms with E-state index in [-0.39, 0.29) is 18.4 Å². The van der Waals surface area contributed by atoms with Gasteiger partial charge in [0.1, 0.15) is 0 Å². The predicted octanol–water partition coefficient (Wildman–Crippen LogP) is 2.00. The van der Waals surface area contributed by atoms with E-state index >= 15 is 0 Å². The largest absolute Gasteiger partial charge is 0.347 e. The van der Waals surface area contributed by atoms with Crippen LogP contribution in [0.4, 0.5) is 5.69 Å². The SMILES string of the molecule is CC(C)c1noc(CCNC(=O)C(=O)N2CC(C)c3ccccc32)n1. The fourth-order valence-corrected chi connectivity index (χ4v) is 2.90. The summed E-state index contributed by atoms with van der Waals surface area (Å²) in [5.74, 6) is 0.348. The lowest BCUT2D eigenvalue weighted by atomic mass is 10.0. The molecule has 3 rings (SSSR count). The second-order valence-electron chi connectivity index (χ2n) is 6.58. The molecule has 1 N–H and O–H groups in total. The molecule has 2 amide bonds. The number of hydrogen-bond acceptors (Lipinski definition) is 5. The van der Waals surface area contributed by atoms with E-state index in [0.717, 1.165) is 11.3 Å². The van der Waals surface area contributed by atoms with Gasteiger partial charge in [-0.2, -0.15) is 4.98 Å². The van der Waals surface area contributed by atoms with Crippen molar-refractivity contribution in [3.63, 3.8) is 0 Å². The van der Waals surface area contributed by atoms with Crippen LogP contribution in [-0.4, -0.2) is 35.0 Å². The van der Waals surface area contributed by atoms with Crippen LogP contribution >= 0.6 is 0 Å². The van der Waals surface area contributed by atoms with Gasteiger partial charge in [0.15, 0.2) is 5.82 Å². The summed E-state index contributed by atoms with van der Waals surface area (Å²) in [6.07, 6.45) is 0.395. The molecule has 2 heterocycles. The van der Waals surface area contributed by atoms with E-state index in [1.165, 1.54) is 0 Å². The first-order valence-electron chi connectivity index (χ1n) is 8.48. The molecule has 1 aliphatic heterocycles. The summed E-state index contributed by atoms with van der Waals surface area (Å²) in [4.78, 5) is 30.4. The summed E-state index contributed by atoms with van der Waals surface area (Å²) in [5, 5.41) is 6.50. The maximum atomic E-state index is 12.5. The molecule has 0 spiro atoms. The fourth-order valence-electron chi connectivity index (χ4n) is 2.90. The highest BCUT2D eigenvalue weighted by Gasteiger charge is 2.32. The van der Waals surface area contributed by atoms with Crippen molar-refractivity contribution in [2.75, 3.05) is 18.0 Å². The summed E-state index contributed by atoms with van der Waals surface area (Å²) in [6.45, 7) is 6.79. The zero-order valence-corrected chi connectivity index (χ0v) is 14.7. The summed E-state index contributed by atoms with van der Waals surface area (Å²) < 4.78 is 5.12. The molecule has 0 saturated carbocycles. The normalized spacial score (nSPS) is 16.2. The molecule has 0 radical (unpaired) electrons. The van der Waals surface area contributed by atoms with Crippen molar-refractivity contribution in [3.05, 3.63) is 41.5 Å². The molecular weight excluding hydrogens is 320 g/mol. The van der Waals surface area contributed by atoms with Crippen LogP contribution in [0.3, 0.4) is 0 Å². The summed E-state index contributed by atoms with van der Waals surface area (Å²) in [5.41, 5.74) is 1.91. The number of para-hydroxylation sites is 1. The van der Waals surface area contributed by atoms with E-state index in [4.69, 9.17) is 4.52 Å². The van der Waals surface area contributed by atoms with Gasteiger partial charge in [0, 0.05) is 37.0 Å². The quantitative estimate of drug-likeness (QED) is 0.859. The molecule has 25 heavy (non-hydrogen) atoms. The van der Waals surface area contributed by atoms with E-state index < -0.39 is 11.8 Å². The van der Waals surface area contributed by atoms with Gasteiger partial charge >= 0.3 is 11.8 Å². The van der Waals surface area contributed by atoms with E-state index in [1.807, 2.05) is 45.0 Å². The molecule has 0 bridgehead atoms. The van der Waals surface area contributed by atoms with Crippen molar-refractivity contribution >= 4 is 17.5 Å². The van der Waals surface area contributed by atoms with Crippen LogP contribution in [0.15, 0.2) is 28.8 Å². The first kappa shape index (κ1) is 17.1. The Morgan fingerprint density at radius 1 is 1.36 bits per heavy atom. The van der Waals surface area contributed by atoms with Gasteiger partial charge < -0.3 is 14.7 Å². The predicted molar refractivity (Wildman–Crippen MR) is 92.3 cm³/mol. The number of carbonyl (C=O) groups is 2. The number of aromatic nitrogens is 2. The van der Waals surface area contributed by atoms with Crippen LogP contribution in [0.25, 0.3) is 0 Å². The number of nitrogens with zero attached hydrogens (tertiary/aromatic N) is 3. The monoisotopic (exact) mass is 342 g/mol. The fraction of sp³-hybridized carbons (Fsp3) is 0.444. The summed E-state index contributed by atoms with van der Waals surface area (Å²) >= 11 is 0. The van der Waals surface area contributed by atoms with Crippen molar-refractivity contribution in [3.8, 4) is 0 Å². The number of hydrogen-bond donors (Lipinski definition) is 1. The van der Waals surface area contributed by atoms with Gasteiger partial charge in [0.05, 0.1) is 0 Å². The molecule has 0 fully saturated rings. The van der Waals surface area contributed by atoms with Crippen molar-refractivity contribution in [1.29, 1.82) is 0 Å². The highest BCUT2D eigenvalue weighted by Crippen LogP contribution is 2.35.